The molecule has 1 aromatic rings. The van der Waals surface area contributed by atoms with Gasteiger partial charge in [-0.3, -0.25) is 4.79 Å². The molecule has 0 aromatic carbocycles. The Balaban J connectivity index is 1.70. The molecule has 1 aromatic heterocycles. The first kappa shape index (κ1) is 13.5. The van der Waals surface area contributed by atoms with E-state index in [4.69, 9.17) is 4.74 Å². The van der Waals surface area contributed by atoms with E-state index < -0.39 is 0 Å². The van der Waals surface area contributed by atoms with Gasteiger partial charge in [-0.05, 0) is 18.8 Å². The van der Waals surface area contributed by atoms with E-state index in [9.17, 15) is 4.79 Å². The normalized spacial score (nSPS) is 18.5. The Morgan fingerprint density at radius 1 is 1.61 bits per heavy atom. The smallest absolute Gasteiger partial charge is 0.223 e. The summed E-state index contributed by atoms with van der Waals surface area (Å²) in [6, 6.07) is 0. The monoisotopic (exact) mass is 268 g/mol. The van der Waals surface area contributed by atoms with Crippen LogP contribution in [-0.2, 0) is 16.0 Å². The van der Waals surface area contributed by atoms with Crippen molar-refractivity contribution in [3.63, 3.8) is 0 Å². The average Bonchev–Trinajstić information content (AvgIpc) is 2.92. The first-order valence-corrected chi connectivity index (χ1v) is 7.39. The maximum Gasteiger partial charge on any atom is 0.223 e. The van der Waals surface area contributed by atoms with Gasteiger partial charge in [0.15, 0.2) is 0 Å². The van der Waals surface area contributed by atoms with E-state index in [1.807, 2.05) is 12.3 Å². The maximum atomic E-state index is 12.0. The number of carbonyl (C=O) groups is 1. The van der Waals surface area contributed by atoms with Gasteiger partial charge in [0.1, 0.15) is 0 Å². The number of nitrogens with zero attached hydrogens (tertiary/aromatic N) is 1. The number of hydrogen-bond donors (Lipinski definition) is 1. The second-order valence-corrected chi connectivity index (χ2v) is 5.68. The molecule has 4 nitrogen and oxygen atoms in total. The van der Waals surface area contributed by atoms with Gasteiger partial charge in [0.25, 0.3) is 0 Å². The SMILES string of the molecule is CC(C(=O)NCCc1nccs1)C1CCOCC1. The number of nitrogens with one attached hydrogen (secondary N) is 1. The van der Waals surface area contributed by atoms with E-state index >= 15 is 0 Å². The van der Waals surface area contributed by atoms with Crippen LogP contribution in [0.4, 0.5) is 0 Å². The van der Waals surface area contributed by atoms with Crippen molar-refractivity contribution in [3.8, 4) is 0 Å². The van der Waals surface area contributed by atoms with Crippen LogP contribution in [-0.4, -0.2) is 30.6 Å². The Kier molecular flexibility index (Phi) is 5.13. The molecule has 0 aliphatic carbocycles. The third-order valence-corrected chi connectivity index (χ3v) is 4.35. The van der Waals surface area contributed by atoms with Crippen molar-refractivity contribution in [2.24, 2.45) is 11.8 Å². The summed E-state index contributed by atoms with van der Waals surface area (Å²) >= 11 is 1.63. The van der Waals surface area contributed by atoms with Gasteiger partial charge in [0.05, 0.1) is 5.01 Å². The summed E-state index contributed by atoms with van der Waals surface area (Å²) in [6.45, 7) is 4.29. The molecule has 1 unspecified atom stereocenters. The molecule has 2 rings (SSSR count). The molecule has 5 heteroatoms. The highest BCUT2D eigenvalue weighted by Gasteiger charge is 2.25. The van der Waals surface area contributed by atoms with Gasteiger partial charge < -0.3 is 10.1 Å². The van der Waals surface area contributed by atoms with Gasteiger partial charge in [0, 0.05) is 43.7 Å². The Bertz CT molecular complexity index is 361. The molecule has 1 amide bonds. The van der Waals surface area contributed by atoms with Crippen LogP contribution in [0.5, 0.6) is 0 Å². The van der Waals surface area contributed by atoms with E-state index in [1.165, 1.54) is 0 Å². The highest BCUT2D eigenvalue weighted by molar-refractivity contribution is 7.09. The fourth-order valence-corrected chi connectivity index (χ4v) is 2.88. The van der Waals surface area contributed by atoms with Crippen molar-refractivity contribution in [1.82, 2.24) is 10.3 Å². The highest BCUT2D eigenvalue weighted by Crippen LogP contribution is 2.23. The van der Waals surface area contributed by atoms with Crippen LogP contribution in [0.2, 0.25) is 0 Å². The summed E-state index contributed by atoms with van der Waals surface area (Å²) in [4.78, 5) is 16.2. The second-order valence-electron chi connectivity index (χ2n) is 4.71. The zero-order chi connectivity index (χ0) is 12.8. The van der Waals surface area contributed by atoms with Crippen LogP contribution in [0.1, 0.15) is 24.8 Å². The Morgan fingerprint density at radius 2 is 2.39 bits per heavy atom. The lowest BCUT2D eigenvalue weighted by Crippen LogP contribution is -2.36. The fourth-order valence-electron chi connectivity index (χ4n) is 2.26. The molecule has 18 heavy (non-hydrogen) atoms. The van der Waals surface area contributed by atoms with Gasteiger partial charge >= 0.3 is 0 Å². The lowest BCUT2D eigenvalue weighted by atomic mass is 9.87. The lowest BCUT2D eigenvalue weighted by molar-refractivity contribution is -0.127. The molecule has 1 aliphatic heterocycles. The van der Waals surface area contributed by atoms with Crippen molar-refractivity contribution < 1.29 is 9.53 Å². The van der Waals surface area contributed by atoms with Crippen LogP contribution in [0, 0.1) is 11.8 Å². The van der Waals surface area contributed by atoms with Crippen LogP contribution in [0.15, 0.2) is 11.6 Å². The average molecular weight is 268 g/mol. The molecule has 0 saturated carbocycles. The minimum Gasteiger partial charge on any atom is -0.381 e. The fraction of sp³-hybridized carbons (Fsp3) is 0.692. The third-order valence-electron chi connectivity index (χ3n) is 3.51. The van der Waals surface area contributed by atoms with E-state index in [1.54, 1.807) is 17.5 Å². The zero-order valence-corrected chi connectivity index (χ0v) is 11.5. The van der Waals surface area contributed by atoms with Crippen molar-refractivity contribution in [3.05, 3.63) is 16.6 Å². The van der Waals surface area contributed by atoms with Crippen LogP contribution >= 0.6 is 11.3 Å². The number of amides is 1. The van der Waals surface area contributed by atoms with Crippen LogP contribution in [0.25, 0.3) is 0 Å². The minimum absolute atomic E-state index is 0.0881. The molecule has 1 saturated heterocycles. The summed E-state index contributed by atoms with van der Waals surface area (Å²) in [6.07, 6.45) is 4.62. The third kappa shape index (κ3) is 3.78. The molecule has 0 spiro atoms. The highest BCUT2D eigenvalue weighted by atomic mass is 32.1. The van der Waals surface area contributed by atoms with E-state index in [0.29, 0.717) is 12.5 Å². The number of rotatable bonds is 5. The van der Waals surface area contributed by atoms with Crippen molar-refractivity contribution in [2.75, 3.05) is 19.8 Å². The van der Waals surface area contributed by atoms with E-state index in [2.05, 4.69) is 10.3 Å². The largest absolute Gasteiger partial charge is 0.381 e. The van der Waals surface area contributed by atoms with Crippen molar-refractivity contribution in [1.29, 1.82) is 0 Å². The standard InChI is InChI=1S/C13H20N2O2S/c1-10(11-3-7-17-8-4-11)13(16)15-5-2-12-14-6-9-18-12/h6,9-11H,2-5,7-8H2,1H3,(H,15,16). The van der Waals surface area contributed by atoms with Crippen LogP contribution < -0.4 is 5.32 Å². The molecular weight excluding hydrogens is 248 g/mol. The first-order chi connectivity index (χ1) is 8.77. The summed E-state index contributed by atoms with van der Waals surface area (Å²) in [5, 5.41) is 6.04. The quantitative estimate of drug-likeness (QED) is 0.887. The van der Waals surface area contributed by atoms with Crippen molar-refractivity contribution >= 4 is 17.2 Å². The Morgan fingerprint density at radius 3 is 3.06 bits per heavy atom. The molecule has 1 N–H and O–H groups in total. The lowest BCUT2D eigenvalue weighted by Gasteiger charge is -2.26. The molecule has 0 bridgehead atoms. The number of aromatic nitrogens is 1. The predicted octanol–water partition coefficient (Wildman–Crippen LogP) is 1.86. The summed E-state index contributed by atoms with van der Waals surface area (Å²) in [5.74, 6) is 0.724. The predicted molar refractivity (Wildman–Crippen MR) is 71.5 cm³/mol. The van der Waals surface area contributed by atoms with Crippen LogP contribution in [0.3, 0.4) is 0 Å². The van der Waals surface area contributed by atoms with Gasteiger partial charge in [-0.2, -0.15) is 0 Å². The molecule has 100 valence electrons. The van der Waals surface area contributed by atoms with Crippen molar-refractivity contribution in [2.45, 2.75) is 26.2 Å². The molecule has 1 atom stereocenters. The number of ether oxygens (including phenoxy) is 1. The van der Waals surface area contributed by atoms with Gasteiger partial charge in [-0.25, -0.2) is 4.98 Å². The first-order valence-electron chi connectivity index (χ1n) is 6.51. The van der Waals surface area contributed by atoms with Gasteiger partial charge in [-0.1, -0.05) is 6.92 Å². The second kappa shape index (κ2) is 6.85. The molecule has 1 fully saturated rings. The van der Waals surface area contributed by atoms with Gasteiger partial charge in [0.2, 0.25) is 5.91 Å². The minimum atomic E-state index is 0.0881. The number of thiazole rings is 1. The molecule has 2 heterocycles. The number of carbonyl (C=O) groups excluding carboxylic acids is 1. The van der Waals surface area contributed by atoms with Gasteiger partial charge in [-0.15, -0.1) is 11.3 Å². The Labute approximate surface area is 112 Å². The zero-order valence-electron chi connectivity index (χ0n) is 10.7. The summed E-state index contributed by atoms with van der Waals surface area (Å²) in [7, 11) is 0. The topological polar surface area (TPSA) is 51.2 Å². The maximum absolute atomic E-state index is 12.0. The molecular formula is C13H20N2O2S. The summed E-state index contributed by atoms with van der Waals surface area (Å²) < 4.78 is 5.32. The molecule has 0 radical (unpaired) electrons. The molecule has 1 aliphatic rings. The Hall–Kier alpha value is -0.940. The summed E-state index contributed by atoms with van der Waals surface area (Å²) in [5.41, 5.74) is 0. The van der Waals surface area contributed by atoms with E-state index in [0.717, 1.165) is 37.5 Å². The van der Waals surface area contributed by atoms with E-state index in [-0.39, 0.29) is 11.8 Å². The number of hydrogen-bond acceptors (Lipinski definition) is 4.